The van der Waals surface area contributed by atoms with Crippen molar-refractivity contribution in [3.63, 3.8) is 0 Å². The van der Waals surface area contributed by atoms with Gasteiger partial charge in [-0.2, -0.15) is 0 Å². The van der Waals surface area contributed by atoms with Crippen LogP contribution >= 0.6 is 7.92 Å². The van der Waals surface area contributed by atoms with Gasteiger partial charge in [0.2, 0.25) is 0 Å². The zero-order valence-corrected chi connectivity index (χ0v) is 14.9. The standard InChI is InChI=1S/C19H19N2O4P/c22-18(23)10-11-20-19(24)17(21-13-26-25)12-14-6-8-16(9-7-14)15-4-2-1-3-5-15/h1-9,17,21H,10-12H2,(H,20,24)(H,22,23)/t17-/m0/s1. The number of rotatable bonds is 8. The van der Waals surface area contributed by atoms with E-state index in [4.69, 9.17) is 5.11 Å². The monoisotopic (exact) mass is 370 g/mol. The number of aliphatic carboxylic acids is 1. The van der Waals surface area contributed by atoms with Gasteiger partial charge in [0, 0.05) is 0 Å². The molecule has 134 valence electrons. The third-order valence-electron chi connectivity index (χ3n) is 3.74. The van der Waals surface area contributed by atoms with Crippen molar-refractivity contribution in [2.45, 2.75) is 18.9 Å². The van der Waals surface area contributed by atoms with Crippen molar-refractivity contribution in [1.29, 1.82) is 0 Å². The quantitative estimate of drug-likeness (QED) is 0.490. The number of carboxylic acid groups (broad SMARTS) is 1. The topological polar surface area (TPSA) is 95.5 Å². The second-order valence-electron chi connectivity index (χ2n) is 5.60. The molecule has 0 aliphatic heterocycles. The number of carboxylic acids is 1. The van der Waals surface area contributed by atoms with Gasteiger partial charge in [-0.1, -0.05) is 0 Å². The molecular weight excluding hydrogens is 351 g/mol. The van der Waals surface area contributed by atoms with Crippen LogP contribution in [0.5, 0.6) is 0 Å². The molecule has 0 saturated carbocycles. The van der Waals surface area contributed by atoms with Crippen LogP contribution in [0.25, 0.3) is 11.1 Å². The van der Waals surface area contributed by atoms with Gasteiger partial charge in [-0.25, -0.2) is 0 Å². The molecule has 2 rings (SSSR count). The van der Waals surface area contributed by atoms with Gasteiger partial charge in [0.1, 0.15) is 0 Å². The van der Waals surface area contributed by atoms with E-state index >= 15 is 0 Å². The molecule has 0 saturated heterocycles. The van der Waals surface area contributed by atoms with Crippen molar-refractivity contribution in [3.8, 4) is 16.9 Å². The Morgan fingerprint density at radius 2 is 1.69 bits per heavy atom. The van der Waals surface area contributed by atoms with Crippen molar-refractivity contribution in [1.82, 2.24) is 10.6 Å². The Bertz CT molecular complexity index is 848. The van der Waals surface area contributed by atoms with Gasteiger partial charge in [0.05, 0.1) is 0 Å². The van der Waals surface area contributed by atoms with Crippen LogP contribution in [0.4, 0.5) is 0 Å². The molecule has 0 unspecified atom stereocenters. The molecule has 0 heterocycles. The van der Waals surface area contributed by atoms with Gasteiger partial charge in [-0.05, 0) is 0 Å². The van der Waals surface area contributed by atoms with Crippen molar-refractivity contribution in [3.05, 3.63) is 60.2 Å². The SMILES string of the molecule is O=P#CN[C@@H](Cc1ccc(-c2ccccc2)cc1)C(=O)NCCC(=O)O. The molecule has 0 bridgehead atoms. The van der Waals surface area contributed by atoms with Crippen molar-refractivity contribution in [2.24, 2.45) is 0 Å². The summed E-state index contributed by atoms with van der Waals surface area (Å²) >= 11 is 0. The minimum atomic E-state index is -0.984. The summed E-state index contributed by atoms with van der Waals surface area (Å²) in [7, 11) is -0.351. The first-order chi connectivity index (χ1) is 12.6. The van der Waals surface area contributed by atoms with Gasteiger partial charge in [-0.15, -0.1) is 0 Å². The molecule has 3 N–H and O–H groups in total. The van der Waals surface area contributed by atoms with Crippen molar-refractivity contribution in [2.75, 3.05) is 6.54 Å². The molecule has 7 heteroatoms. The molecule has 6 nitrogen and oxygen atoms in total. The Kier molecular flexibility index (Phi) is 7.84. The van der Waals surface area contributed by atoms with E-state index in [9.17, 15) is 14.2 Å². The number of carbonyl (C=O) groups is 2. The summed E-state index contributed by atoms with van der Waals surface area (Å²) in [4.78, 5) is 22.8. The summed E-state index contributed by atoms with van der Waals surface area (Å²) < 4.78 is 10.6. The van der Waals surface area contributed by atoms with Gasteiger partial charge in [-0.3, -0.25) is 0 Å². The summed E-state index contributed by atoms with van der Waals surface area (Å²) in [6.45, 7) is 0.0361. The van der Waals surface area contributed by atoms with E-state index in [1.165, 1.54) is 0 Å². The molecule has 0 spiro atoms. The van der Waals surface area contributed by atoms with Gasteiger partial charge in [0.15, 0.2) is 0 Å². The Morgan fingerprint density at radius 1 is 1.04 bits per heavy atom. The van der Waals surface area contributed by atoms with Crippen LogP contribution in [0.3, 0.4) is 0 Å². The van der Waals surface area contributed by atoms with E-state index < -0.39 is 12.0 Å². The van der Waals surface area contributed by atoms with E-state index in [0.29, 0.717) is 6.42 Å². The summed E-state index contributed by atoms with van der Waals surface area (Å²) in [5.41, 5.74) is 3.09. The zero-order chi connectivity index (χ0) is 18.8. The van der Waals surface area contributed by atoms with Gasteiger partial charge >= 0.3 is 152 Å². The van der Waals surface area contributed by atoms with Gasteiger partial charge < -0.3 is 0 Å². The minimum absolute atomic E-state index is 0.0361. The van der Waals surface area contributed by atoms with Gasteiger partial charge in [0.25, 0.3) is 0 Å². The van der Waals surface area contributed by atoms with Crippen LogP contribution < -0.4 is 10.6 Å². The summed E-state index contributed by atoms with van der Waals surface area (Å²) in [6.07, 6.45) is 0.202. The van der Waals surface area contributed by atoms with Crippen LogP contribution in [0.15, 0.2) is 54.6 Å². The summed E-state index contributed by atoms with van der Waals surface area (Å²) in [5.74, 6) is 1.03. The first-order valence-corrected chi connectivity index (χ1v) is 8.88. The molecular formula is C19H19N2O4P. The van der Waals surface area contributed by atoms with Crippen LogP contribution in [0.1, 0.15) is 12.0 Å². The average molecular weight is 370 g/mol. The number of nitrogens with one attached hydrogen (secondary N) is 2. The Labute approximate surface area is 152 Å². The molecule has 0 aliphatic rings. The molecule has 26 heavy (non-hydrogen) atoms. The first kappa shape index (κ1) is 19.7. The number of carbonyl (C=O) groups excluding carboxylic acids is 1. The molecule has 2 aromatic rings. The predicted molar refractivity (Wildman–Crippen MR) is 99.3 cm³/mol. The maximum absolute atomic E-state index is 12.2. The van der Waals surface area contributed by atoms with E-state index in [1.807, 2.05) is 54.6 Å². The number of hydrogen-bond acceptors (Lipinski definition) is 4. The van der Waals surface area contributed by atoms with Crippen LogP contribution in [-0.4, -0.2) is 29.6 Å². The molecule has 0 aromatic heterocycles. The fraction of sp³-hybridized carbons (Fsp3) is 0.211. The fourth-order valence-corrected chi connectivity index (χ4v) is 2.64. The van der Waals surface area contributed by atoms with E-state index in [2.05, 4.69) is 16.4 Å². The molecule has 0 radical (unpaired) electrons. The predicted octanol–water partition coefficient (Wildman–Crippen LogP) is 2.65. The second-order valence-corrected chi connectivity index (χ2v) is 6.01. The molecule has 1 amide bonds. The maximum atomic E-state index is 12.2. The van der Waals surface area contributed by atoms with Crippen molar-refractivity contribution < 1.29 is 19.3 Å². The van der Waals surface area contributed by atoms with Crippen LogP contribution in [0, 0.1) is 5.75 Å². The zero-order valence-electron chi connectivity index (χ0n) is 14.0. The Morgan fingerprint density at radius 3 is 2.31 bits per heavy atom. The van der Waals surface area contributed by atoms with E-state index in [-0.39, 0.29) is 26.8 Å². The normalized spacial score (nSPS) is 11.2. The molecule has 1 atom stereocenters. The van der Waals surface area contributed by atoms with Crippen LogP contribution in [-0.2, 0) is 20.6 Å². The van der Waals surface area contributed by atoms with E-state index in [0.717, 1.165) is 16.7 Å². The third-order valence-corrected chi connectivity index (χ3v) is 3.96. The molecule has 0 aliphatic carbocycles. The van der Waals surface area contributed by atoms with Crippen LogP contribution in [0.2, 0.25) is 0 Å². The summed E-state index contributed by atoms with van der Waals surface area (Å²) in [5, 5.41) is 13.9. The molecule has 2 aromatic carbocycles. The fourth-order valence-electron chi connectivity index (χ4n) is 2.43. The number of amides is 1. The first-order valence-electron chi connectivity index (χ1n) is 8.07. The van der Waals surface area contributed by atoms with E-state index in [1.54, 1.807) is 0 Å². The van der Waals surface area contributed by atoms with Crippen molar-refractivity contribution >= 4 is 19.8 Å². The Hall–Kier alpha value is -2.65. The Balaban J connectivity index is 2.04. The third kappa shape index (κ3) is 6.34. The molecule has 0 fully saturated rings. The number of hydrogen-bond donors (Lipinski definition) is 3. The average Bonchev–Trinajstić information content (AvgIpc) is 2.66. The number of benzene rings is 2. The summed E-state index contributed by atoms with van der Waals surface area (Å²) in [6, 6.07) is 17.1. The second kappa shape index (κ2) is 10.4.